The first-order chi connectivity index (χ1) is 13.8. The van der Waals surface area contributed by atoms with Crippen molar-refractivity contribution in [3.63, 3.8) is 0 Å². The molecule has 0 aromatic heterocycles. The molecule has 1 atom stereocenters. The number of methoxy groups -OCH3 is 1. The van der Waals surface area contributed by atoms with Crippen LogP contribution in [0.4, 0.5) is 16.2 Å². The molecule has 150 valence electrons. The predicted octanol–water partition coefficient (Wildman–Crippen LogP) is 2.58. The van der Waals surface area contributed by atoms with Crippen LogP contribution >= 0.6 is 0 Å². The van der Waals surface area contributed by atoms with Crippen LogP contribution in [-0.4, -0.2) is 48.4 Å². The van der Waals surface area contributed by atoms with E-state index in [1.54, 1.807) is 37.3 Å². The van der Waals surface area contributed by atoms with Crippen molar-refractivity contribution in [2.45, 2.75) is 19.9 Å². The van der Waals surface area contributed by atoms with Crippen LogP contribution in [0.2, 0.25) is 0 Å². The molecule has 2 aromatic rings. The third kappa shape index (κ3) is 3.96. The van der Waals surface area contributed by atoms with Gasteiger partial charge in [0.15, 0.2) is 0 Å². The topological polar surface area (TPSA) is 96.0 Å². The number of anilines is 2. The van der Waals surface area contributed by atoms with E-state index in [2.05, 4.69) is 5.32 Å². The van der Waals surface area contributed by atoms with Gasteiger partial charge in [0.05, 0.1) is 18.4 Å². The van der Waals surface area contributed by atoms with Gasteiger partial charge in [0.25, 0.3) is 5.91 Å². The van der Waals surface area contributed by atoms with Crippen LogP contribution in [0.25, 0.3) is 0 Å². The Labute approximate surface area is 168 Å². The summed E-state index contributed by atoms with van der Waals surface area (Å²) >= 11 is 0. The number of amides is 4. The minimum absolute atomic E-state index is 0.178. The minimum atomic E-state index is -0.722. The molecule has 29 heavy (non-hydrogen) atoms. The summed E-state index contributed by atoms with van der Waals surface area (Å²) in [5.74, 6) is -1.67. The Bertz CT molecular complexity index is 971. The molecular weight excluding hydrogens is 374 g/mol. The van der Waals surface area contributed by atoms with E-state index in [-0.39, 0.29) is 11.3 Å². The van der Waals surface area contributed by atoms with Crippen molar-refractivity contribution in [1.29, 1.82) is 0 Å². The van der Waals surface area contributed by atoms with Crippen molar-refractivity contribution in [1.82, 2.24) is 4.90 Å². The van der Waals surface area contributed by atoms with Crippen LogP contribution in [0, 0.1) is 6.92 Å². The van der Waals surface area contributed by atoms with Gasteiger partial charge in [0.1, 0.15) is 12.6 Å². The maximum Gasteiger partial charge on any atom is 0.339 e. The number of rotatable bonds is 5. The average Bonchev–Trinajstić information content (AvgIpc) is 2.92. The molecule has 8 nitrogen and oxygen atoms in total. The van der Waals surface area contributed by atoms with Gasteiger partial charge in [-0.15, -0.1) is 0 Å². The summed E-state index contributed by atoms with van der Waals surface area (Å²) in [4.78, 5) is 52.0. The van der Waals surface area contributed by atoms with E-state index in [0.717, 1.165) is 10.5 Å². The van der Waals surface area contributed by atoms with E-state index in [1.165, 1.54) is 18.1 Å². The molecule has 1 heterocycles. The smallest absolute Gasteiger partial charge is 0.339 e. The summed E-state index contributed by atoms with van der Waals surface area (Å²) in [6.07, 6.45) is 0. The third-order valence-electron chi connectivity index (χ3n) is 4.67. The summed E-state index contributed by atoms with van der Waals surface area (Å²) < 4.78 is 4.70. The molecule has 1 aliphatic heterocycles. The number of carbonyl (C=O) groups is 4. The lowest BCUT2D eigenvalue weighted by atomic mass is 10.2. The monoisotopic (exact) mass is 395 g/mol. The zero-order valence-electron chi connectivity index (χ0n) is 16.3. The van der Waals surface area contributed by atoms with E-state index in [4.69, 9.17) is 4.74 Å². The van der Waals surface area contributed by atoms with Gasteiger partial charge >= 0.3 is 12.0 Å². The van der Waals surface area contributed by atoms with Crippen molar-refractivity contribution in [3.05, 3.63) is 59.7 Å². The Hall–Kier alpha value is -3.68. The number of ether oxygens (including phenoxy) is 1. The van der Waals surface area contributed by atoms with Gasteiger partial charge in [0.2, 0.25) is 5.91 Å². The number of carbonyl (C=O) groups excluding carboxylic acids is 4. The summed E-state index contributed by atoms with van der Waals surface area (Å²) in [5, 5.41) is 2.57. The Morgan fingerprint density at radius 2 is 1.72 bits per heavy atom. The first-order valence-electron chi connectivity index (χ1n) is 9.02. The number of urea groups is 1. The fraction of sp³-hybridized carbons (Fsp3) is 0.238. The highest BCUT2D eigenvalue weighted by molar-refractivity contribution is 6.16. The van der Waals surface area contributed by atoms with Crippen molar-refractivity contribution >= 4 is 35.2 Å². The van der Waals surface area contributed by atoms with Gasteiger partial charge in [0, 0.05) is 5.69 Å². The number of esters is 1. The maximum atomic E-state index is 12.8. The van der Waals surface area contributed by atoms with Crippen LogP contribution in [-0.2, 0) is 14.3 Å². The van der Waals surface area contributed by atoms with Crippen LogP contribution in [0.1, 0.15) is 22.8 Å². The lowest BCUT2D eigenvalue weighted by Crippen LogP contribution is -2.39. The fourth-order valence-corrected chi connectivity index (χ4v) is 3.12. The molecule has 8 heteroatoms. The minimum Gasteiger partial charge on any atom is -0.465 e. The lowest BCUT2D eigenvalue weighted by Gasteiger charge is -2.19. The van der Waals surface area contributed by atoms with Crippen LogP contribution in [0.15, 0.2) is 48.5 Å². The molecule has 1 N–H and O–H groups in total. The number of benzene rings is 2. The summed E-state index contributed by atoms with van der Waals surface area (Å²) in [6.45, 7) is 3.08. The fourth-order valence-electron chi connectivity index (χ4n) is 3.12. The quantitative estimate of drug-likeness (QED) is 0.620. The SMILES string of the molecule is COC(=O)c1ccccc1NC(=O)CN1C(=O)[C@@H](C)N(c2ccc(C)cc2)C1=O. The molecule has 4 amide bonds. The van der Waals surface area contributed by atoms with Crippen molar-refractivity contribution < 1.29 is 23.9 Å². The zero-order chi connectivity index (χ0) is 21.1. The molecule has 3 rings (SSSR count). The average molecular weight is 395 g/mol. The van der Waals surface area contributed by atoms with Gasteiger partial charge in [-0.25, -0.2) is 9.59 Å². The van der Waals surface area contributed by atoms with Gasteiger partial charge in [-0.2, -0.15) is 0 Å². The maximum absolute atomic E-state index is 12.8. The molecule has 1 saturated heterocycles. The Morgan fingerprint density at radius 1 is 1.07 bits per heavy atom. The van der Waals surface area contributed by atoms with E-state index < -0.39 is 36.4 Å². The number of imide groups is 1. The van der Waals surface area contributed by atoms with Crippen LogP contribution in [0.3, 0.4) is 0 Å². The molecule has 2 aromatic carbocycles. The summed E-state index contributed by atoms with van der Waals surface area (Å²) in [6, 6.07) is 12.3. The van der Waals surface area contributed by atoms with E-state index in [9.17, 15) is 19.2 Å². The van der Waals surface area contributed by atoms with Crippen LogP contribution < -0.4 is 10.2 Å². The number of nitrogens with zero attached hydrogens (tertiary/aromatic N) is 2. The molecule has 0 radical (unpaired) electrons. The number of aryl methyl sites for hydroxylation is 1. The van der Waals surface area contributed by atoms with Crippen molar-refractivity contribution in [3.8, 4) is 0 Å². The predicted molar refractivity (Wildman–Crippen MR) is 107 cm³/mol. The standard InChI is InChI=1S/C21H21N3O5/c1-13-8-10-15(11-9-13)24-14(2)19(26)23(21(24)28)12-18(25)22-17-7-5-4-6-16(17)20(27)29-3/h4-11,14H,12H2,1-3H3,(H,22,25)/t14-/m1/s1. The second kappa shape index (κ2) is 8.14. The van der Waals surface area contributed by atoms with E-state index in [1.807, 2.05) is 19.1 Å². The first-order valence-corrected chi connectivity index (χ1v) is 9.02. The first kappa shape index (κ1) is 20.1. The van der Waals surface area contributed by atoms with Crippen molar-refractivity contribution in [2.75, 3.05) is 23.9 Å². The number of para-hydroxylation sites is 1. The number of hydrogen-bond donors (Lipinski definition) is 1. The number of hydrogen-bond acceptors (Lipinski definition) is 5. The highest BCUT2D eigenvalue weighted by Crippen LogP contribution is 2.26. The molecule has 0 saturated carbocycles. The molecule has 0 unspecified atom stereocenters. The van der Waals surface area contributed by atoms with Crippen molar-refractivity contribution in [2.24, 2.45) is 0 Å². The molecule has 1 aliphatic rings. The molecular formula is C21H21N3O5. The third-order valence-corrected chi connectivity index (χ3v) is 4.67. The van der Waals surface area contributed by atoms with E-state index >= 15 is 0 Å². The van der Waals surface area contributed by atoms with E-state index in [0.29, 0.717) is 5.69 Å². The van der Waals surface area contributed by atoms with Gasteiger partial charge < -0.3 is 10.1 Å². The Morgan fingerprint density at radius 3 is 2.38 bits per heavy atom. The second-order valence-electron chi connectivity index (χ2n) is 6.67. The van der Waals surface area contributed by atoms with Gasteiger partial charge in [-0.05, 0) is 38.1 Å². The second-order valence-corrected chi connectivity index (χ2v) is 6.67. The summed E-state index contributed by atoms with van der Waals surface area (Å²) in [7, 11) is 1.24. The molecule has 0 bridgehead atoms. The Kier molecular flexibility index (Phi) is 5.63. The molecule has 0 spiro atoms. The van der Waals surface area contributed by atoms with Gasteiger partial charge in [-0.3, -0.25) is 19.4 Å². The lowest BCUT2D eigenvalue weighted by molar-refractivity contribution is -0.130. The normalized spacial score (nSPS) is 16.2. The van der Waals surface area contributed by atoms with Gasteiger partial charge in [-0.1, -0.05) is 29.8 Å². The summed E-state index contributed by atoms with van der Waals surface area (Å²) in [5.41, 5.74) is 2.03. The Balaban J connectivity index is 1.76. The highest BCUT2D eigenvalue weighted by Gasteiger charge is 2.44. The largest absolute Gasteiger partial charge is 0.465 e. The van der Waals surface area contributed by atoms with Crippen LogP contribution in [0.5, 0.6) is 0 Å². The molecule has 0 aliphatic carbocycles. The number of nitrogens with one attached hydrogen (secondary N) is 1. The highest BCUT2D eigenvalue weighted by atomic mass is 16.5. The molecule has 1 fully saturated rings. The zero-order valence-corrected chi connectivity index (χ0v) is 16.3.